The van der Waals surface area contributed by atoms with Crippen LogP contribution >= 0.6 is 0 Å². The maximum absolute atomic E-state index is 13.0. The molecule has 0 aliphatic heterocycles. The summed E-state index contributed by atoms with van der Waals surface area (Å²) in [5.74, 6) is 3.38. The molecule has 4 fully saturated rings. The molecular weight excluding hydrogens is 346 g/mol. The number of nitrogens with one attached hydrogen (secondary N) is 1. The van der Waals surface area contributed by atoms with Gasteiger partial charge in [-0.05, 0) is 80.5 Å². The average molecular weight is 386 g/mol. The van der Waals surface area contributed by atoms with E-state index in [9.17, 15) is 10.1 Å². The number of carbonyl (C=O) groups excluding carboxylic acids is 1. The molecule has 4 rings (SSSR count). The van der Waals surface area contributed by atoms with E-state index in [2.05, 4.69) is 50.9 Å². The number of hydrogen-bond donors (Lipinski definition) is 1. The number of amides is 1. The molecule has 0 aromatic rings. The monoisotopic (exact) mass is 385 g/mol. The molecule has 0 heterocycles. The first-order chi connectivity index (χ1) is 13.2. The molecule has 0 spiro atoms. The van der Waals surface area contributed by atoms with Gasteiger partial charge in [-0.3, -0.25) is 4.79 Å². The van der Waals surface area contributed by atoms with Crippen LogP contribution in [0, 0.1) is 46.3 Å². The van der Waals surface area contributed by atoms with Crippen LogP contribution in [0.1, 0.15) is 73.1 Å². The Bertz CT molecular complexity index is 597. The normalized spacial score (nSPS) is 32.5. The Kier molecular flexibility index (Phi) is 6.42. The van der Waals surface area contributed by atoms with Crippen LogP contribution < -0.4 is 5.32 Å². The first-order valence-electron chi connectivity index (χ1n) is 11.4. The van der Waals surface area contributed by atoms with Crippen LogP contribution in [-0.2, 0) is 4.79 Å². The molecule has 4 bridgehead atoms. The maximum atomic E-state index is 13.0. The molecule has 1 atom stereocenters. The molecule has 0 radical (unpaired) electrons. The van der Waals surface area contributed by atoms with E-state index in [-0.39, 0.29) is 22.9 Å². The molecule has 1 N–H and O–H groups in total. The minimum atomic E-state index is -0.191. The summed E-state index contributed by atoms with van der Waals surface area (Å²) in [6.07, 6.45) is 9.80. The van der Waals surface area contributed by atoms with Crippen LogP contribution in [0.3, 0.4) is 0 Å². The third kappa shape index (κ3) is 4.73. The highest BCUT2D eigenvalue weighted by Crippen LogP contribution is 2.61. The van der Waals surface area contributed by atoms with E-state index in [1.54, 1.807) is 6.20 Å². The summed E-state index contributed by atoms with van der Waals surface area (Å²) < 4.78 is 0. The summed E-state index contributed by atoms with van der Waals surface area (Å²) >= 11 is 0. The van der Waals surface area contributed by atoms with Crippen LogP contribution in [-0.4, -0.2) is 29.9 Å². The van der Waals surface area contributed by atoms with E-state index in [1.807, 2.05) is 0 Å². The number of nitriles is 1. The van der Waals surface area contributed by atoms with Gasteiger partial charge in [-0.2, -0.15) is 5.26 Å². The quantitative estimate of drug-likeness (QED) is 0.485. The largest absolute Gasteiger partial charge is 0.376 e. The van der Waals surface area contributed by atoms with Crippen molar-refractivity contribution in [3.8, 4) is 6.07 Å². The fraction of sp³-hybridized carbons (Fsp3) is 0.833. The van der Waals surface area contributed by atoms with Gasteiger partial charge in [0, 0.05) is 25.3 Å². The fourth-order valence-corrected chi connectivity index (χ4v) is 6.57. The molecule has 28 heavy (non-hydrogen) atoms. The van der Waals surface area contributed by atoms with Gasteiger partial charge in [0.2, 0.25) is 0 Å². The Morgan fingerprint density at radius 2 is 1.50 bits per heavy atom. The Morgan fingerprint density at radius 3 is 1.89 bits per heavy atom. The summed E-state index contributed by atoms with van der Waals surface area (Å²) in [7, 11) is 0. The highest BCUT2D eigenvalue weighted by Gasteiger charge is 2.53. The second kappa shape index (κ2) is 8.47. The molecule has 4 nitrogen and oxygen atoms in total. The number of carbonyl (C=O) groups is 1. The minimum Gasteiger partial charge on any atom is -0.376 e. The van der Waals surface area contributed by atoms with Gasteiger partial charge in [0.15, 0.2) is 0 Å². The standard InChI is InChI=1S/C24H39N3O/c1-16(2)13-27(14-17(3)4)15-22(12-25)23(28)26-18(5)24-9-19-6-20(10-24)8-21(7-19)11-24/h15-21H,6-11,13-14H2,1-5H3,(H,26,28)/b22-15-. The molecular formula is C24H39N3O. The Morgan fingerprint density at radius 1 is 1.04 bits per heavy atom. The van der Waals surface area contributed by atoms with Crippen molar-refractivity contribution in [2.45, 2.75) is 79.2 Å². The zero-order chi connectivity index (χ0) is 20.5. The second-order valence-electron chi connectivity index (χ2n) is 10.9. The SMILES string of the molecule is CC(C)CN(/C=C(/C#N)C(=O)NC(C)C12CC3CC(CC(C3)C1)C2)CC(C)C. The highest BCUT2D eigenvalue weighted by atomic mass is 16.1. The number of rotatable bonds is 8. The lowest BCUT2D eigenvalue weighted by atomic mass is 9.48. The number of hydrogen-bond acceptors (Lipinski definition) is 3. The van der Waals surface area contributed by atoms with Crippen LogP contribution in [0.15, 0.2) is 11.8 Å². The van der Waals surface area contributed by atoms with Crippen molar-refractivity contribution in [1.29, 1.82) is 5.26 Å². The first-order valence-corrected chi connectivity index (χ1v) is 11.4. The molecule has 4 aliphatic carbocycles. The predicted molar refractivity (Wildman–Crippen MR) is 113 cm³/mol. The Hall–Kier alpha value is -1.50. The first kappa shape index (κ1) is 21.2. The summed E-state index contributed by atoms with van der Waals surface area (Å²) in [6, 6.07) is 2.31. The van der Waals surface area contributed by atoms with E-state index in [1.165, 1.54) is 38.5 Å². The Balaban J connectivity index is 1.68. The number of nitrogens with zero attached hydrogens (tertiary/aromatic N) is 2. The van der Waals surface area contributed by atoms with Crippen molar-refractivity contribution >= 4 is 5.91 Å². The second-order valence-corrected chi connectivity index (χ2v) is 10.9. The van der Waals surface area contributed by atoms with E-state index in [0.29, 0.717) is 11.8 Å². The highest BCUT2D eigenvalue weighted by molar-refractivity contribution is 5.97. The maximum Gasteiger partial charge on any atom is 0.263 e. The van der Waals surface area contributed by atoms with Gasteiger partial charge in [-0.1, -0.05) is 27.7 Å². The third-order valence-electron chi connectivity index (χ3n) is 7.23. The fourth-order valence-electron chi connectivity index (χ4n) is 6.57. The predicted octanol–water partition coefficient (Wildman–Crippen LogP) is 4.73. The van der Waals surface area contributed by atoms with Crippen molar-refractivity contribution in [1.82, 2.24) is 10.2 Å². The lowest BCUT2D eigenvalue weighted by molar-refractivity contribution is -0.122. The summed E-state index contributed by atoms with van der Waals surface area (Å²) in [4.78, 5) is 15.1. The molecule has 1 unspecified atom stereocenters. The molecule has 0 aromatic heterocycles. The minimum absolute atomic E-state index is 0.147. The van der Waals surface area contributed by atoms with E-state index in [0.717, 1.165) is 30.8 Å². The summed E-state index contributed by atoms with van der Waals surface area (Å²) in [6.45, 7) is 12.6. The van der Waals surface area contributed by atoms with Gasteiger partial charge in [0.25, 0.3) is 5.91 Å². The average Bonchev–Trinajstić information content (AvgIpc) is 2.57. The molecule has 0 aromatic carbocycles. The third-order valence-corrected chi connectivity index (χ3v) is 7.23. The van der Waals surface area contributed by atoms with Gasteiger partial charge in [0.05, 0.1) is 0 Å². The van der Waals surface area contributed by atoms with E-state index >= 15 is 0 Å². The van der Waals surface area contributed by atoms with E-state index in [4.69, 9.17) is 0 Å². The van der Waals surface area contributed by atoms with Crippen LogP contribution in [0.5, 0.6) is 0 Å². The van der Waals surface area contributed by atoms with Crippen LogP contribution in [0.25, 0.3) is 0 Å². The molecule has 156 valence electrons. The lowest BCUT2D eigenvalue weighted by Crippen LogP contribution is -2.56. The van der Waals surface area contributed by atoms with Crippen LogP contribution in [0.4, 0.5) is 0 Å². The molecule has 4 heteroatoms. The zero-order valence-corrected chi connectivity index (χ0v) is 18.5. The molecule has 4 saturated carbocycles. The summed E-state index contributed by atoms with van der Waals surface area (Å²) in [5.41, 5.74) is 0.512. The zero-order valence-electron chi connectivity index (χ0n) is 18.5. The van der Waals surface area contributed by atoms with Gasteiger partial charge in [0.1, 0.15) is 11.6 Å². The molecule has 0 saturated heterocycles. The van der Waals surface area contributed by atoms with Crippen molar-refractivity contribution in [2.24, 2.45) is 35.0 Å². The van der Waals surface area contributed by atoms with Gasteiger partial charge < -0.3 is 10.2 Å². The van der Waals surface area contributed by atoms with Gasteiger partial charge in [-0.15, -0.1) is 0 Å². The van der Waals surface area contributed by atoms with Crippen LogP contribution in [0.2, 0.25) is 0 Å². The molecule has 1 amide bonds. The smallest absolute Gasteiger partial charge is 0.263 e. The molecule has 4 aliphatic rings. The van der Waals surface area contributed by atoms with Crippen molar-refractivity contribution in [3.05, 3.63) is 11.8 Å². The van der Waals surface area contributed by atoms with Crippen molar-refractivity contribution in [3.63, 3.8) is 0 Å². The van der Waals surface area contributed by atoms with Gasteiger partial charge >= 0.3 is 0 Å². The topological polar surface area (TPSA) is 56.1 Å². The Labute approximate surface area is 171 Å². The summed E-state index contributed by atoms with van der Waals surface area (Å²) in [5, 5.41) is 12.9. The lowest BCUT2D eigenvalue weighted by Gasteiger charge is -2.59. The van der Waals surface area contributed by atoms with Crippen molar-refractivity contribution < 1.29 is 4.79 Å². The van der Waals surface area contributed by atoms with E-state index < -0.39 is 0 Å². The van der Waals surface area contributed by atoms with Crippen molar-refractivity contribution in [2.75, 3.05) is 13.1 Å². The van der Waals surface area contributed by atoms with Gasteiger partial charge in [-0.25, -0.2) is 0 Å².